The van der Waals surface area contributed by atoms with E-state index in [0.29, 0.717) is 23.9 Å². The van der Waals surface area contributed by atoms with Gasteiger partial charge in [-0.1, -0.05) is 395 Å². The Morgan fingerprint density at radius 1 is 0.326 bits per heavy atom. The van der Waals surface area contributed by atoms with Gasteiger partial charge in [-0.2, -0.15) is 0 Å². The van der Waals surface area contributed by atoms with E-state index in [1.54, 1.807) is 0 Å². The van der Waals surface area contributed by atoms with Crippen molar-refractivity contribution in [2.24, 2.45) is 0 Å². The summed E-state index contributed by atoms with van der Waals surface area (Å²) in [5.41, 5.74) is 0. The van der Waals surface area contributed by atoms with E-state index in [1.165, 1.54) is 289 Å². The molecule has 0 aromatic heterocycles. The number of likely N-dealkylation sites (N-methyl/N-ethyl adjacent to an activating group) is 1. The topological polar surface area (TPSA) is 111 Å². The summed E-state index contributed by atoms with van der Waals surface area (Å²) in [6.07, 6.45) is 100. The number of hydrogen-bond donors (Lipinski definition) is 0. The average Bonchev–Trinajstić information content (AvgIpc) is 3.75. The van der Waals surface area contributed by atoms with E-state index in [2.05, 4.69) is 86.8 Å². The van der Waals surface area contributed by atoms with Gasteiger partial charge in [0.15, 0.2) is 12.4 Å². The van der Waals surface area contributed by atoms with Gasteiger partial charge in [0.05, 0.1) is 40.3 Å². The zero-order chi connectivity index (χ0) is 69.0. The summed E-state index contributed by atoms with van der Waals surface area (Å²) in [5, 5.41) is 11.9. The molecule has 0 aliphatic carbocycles. The number of allylic oxidation sites excluding steroid dienone is 12. The smallest absolute Gasteiger partial charge is 0.306 e. The molecule has 0 aliphatic rings. The van der Waals surface area contributed by atoms with Crippen LogP contribution in [0.3, 0.4) is 0 Å². The van der Waals surface area contributed by atoms with Gasteiger partial charge in [0, 0.05) is 12.8 Å². The third-order valence-corrected chi connectivity index (χ3v) is 18.5. The highest BCUT2D eigenvalue weighted by atomic mass is 16.7. The van der Waals surface area contributed by atoms with Gasteiger partial charge < -0.3 is 33.3 Å². The lowest BCUT2D eigenvalue weighted by Gasteiger charge is -2.26. The summed E-state index contributed by atoms with van der Waals surface area (Å²) in [7, 11) is 5.95. The number of carbonyl (C=O) groups is 3. The zero-order valence-corrected chi connectivity index (χ0v) is 63.6. The van der Waals surface area contributed by atoms with Crippen LogP contribution in [0, 0.1) is 0 Å². The van der Waals surface area contributed by atoms with Crippen molar-refractivity contribution in [3.8, 4) is 0 Å². The number of rotatable bonds is 77. The van der Waals surface area contributed by atoms with Gasteiger partial charge in [0.25, 0.3) is 0 Å². The van der Waals surface area contributed by atoms with Crippen molar-refractivity contribution in [1.29, 1.82) is 0 Å². The molecule has 0 aromatic rings. The molecule has 0 radical (unpaired) electrons. The molecule has 0 rings (SSSR count). The Morgan fingerprint density at radius 3 is 0.895 bits per heavy atom. The van der Waals surface area contributed by atoms with E-state index < -0.39 is 24.3 Å². The lowest BCUT2D eigenvalue weighted by molar-refractivity contribution is -0.870. The van der Waals surface area contributed by atoms with Crippen LogP contribution in [0.25, 0.3) is 0 Å². The molecular weight excluding hydrogens is 1170 g/mol. The normalized spacial score (nSPS) is 13.0. The fourth-order valence-corrected chi connectivity index (χ4v) is 12.3. The van der Waals surface area contributed by atoms with E-state index in [0.717, 1.165) is 77.0 Å². The maximum absolute atomic E-state index is 13.0. The summed E-state index contributed by atoms with van der Waals surface area (Å²) in [4.78, 5) is 37.6. The number of aliphatic carboxylic acids is 1. The van der Waals surface area contributed by atoms with E-state index in [-0.39, 0.29) is 32.2 Å². The quantitative estimate of drug-likeness (QED) is 0.0195. The second-order valence-corrected chi connectivity index (χ2v) is 29.0. The number of nitrogens with zero attached hydrogens (tertiary/aromatic N) is 1. The molecule has 0 fully saturated rings. The summed E-state index contributed by atoms with van der Waals surface area (Å²) >= 11 is 0. The molecule has 0 bridgehead atoms. The average molecular weight is 1330 g/mol. The minimum absolute atomic E-state index is 0.148. The van der Waals surface area contributed by atoms with Crippen LogP contribution in [0.1, 0.15) is 399 Å². The lowest BCUT2D eigenvalue weighted by atomic mass is 10.0. The molecule has 2 atom stereocenters. The minimum Gasteiger partial charge on any atom is -0.545 e. The molecule has 0 aliphatic heterocycles. The summed E-state index contributed by atoms with van der Waals surface area (Å²) in [6.45, 7) is 4.70. The predicted octanol–water partition coefficient (Wildman–Crippen LogP) is 25.0. The second kappa shape index (κ2) is 76.5. The van der Waals surface area contributed by atoms with E-state index in [9.17, 15) is 19.5 Å². The fraction of sp³-hybridized carbons (Fsp3) is 0.826. The largest absolute Gasteiger partial charge is 0.545 e. The van der Waals surface area contributed by atoms with Crippen LogP contribution in [-0.4, -0.2) is 82.3 Å². The number of esters is 2. The molecule has 0 aromatic carbocycles. The minimum atomic E-state index is -1.62. The maximum atomic E-state index is 13.0. The van der Waals surface area contributed by atoms with Crippen molar-refractivity contribution >= 4 is 17.9 Å². The molecule has 0 saturated heterocycles. The van der Waals surface area contributed by atoms with Crippen LogP contribution in [0.4, 0.5) is 0 Å². The van der Waals surface area contributed by atoms with Crippen molar-refractivity contribution in [3.05, 3.63) is 72.9 Å². The first-order valence-corrected chi connectivity index (χ1v) is 41.1. The first-order valence-electron chi connectivity index (χ1n) is 41.1. The Bertz CT molecular complexity index is 1790. The highest BCUT2D eigenvalue weighted by molar-refractivity contribution is 5.70. The number of carbonyl (C=O) groups excluding carboxylic acids is 3. The standard InChI is InChI=1S/C86H157NO8/c1-6-8-10-12-14-16-18-20-22-24-26-28-30-32-34-36-38-40-41-42-43-45-46-48-50-52-54-56-58-60-62-64-66-68-70-72-74-76-83(88)93-80-82(81-94-86(85(90)91)92-79-78-87(3,4)5)95-84(89)77-75-73-71-69-67-65-63-61-59-57-55-53-51-49-47-44-39-37-35-33-31-29-27-25-23-21-19-17-15-13-11-9-7-2/h9,11,15,17,21,23,27,29,33,35,39,44,82,86H,6-8,10,12-14,16,18-20,22,24-26,28,30-32,34,36-38,40-43,45-81H2,1-5H3/b11-9-,17-15-,23-21-,29-27-,35-33-,44-39-. The van der Waals surface area contributed by atoms with E-state index in [1.807, 2.05) is 21.1 Å². The van der Waals surface area contributed by atoms with Gasteiger partial charge in [-0.15, -0.1) is 0 Å². The summed E-state index contributed by atoms with van der Waals surface area (Å²) < 4.78 is 22.9. The fourth-order valence-electron chi connectivity index (χ4n) is 12.3. The van der Waals surface area contributed by atoms with E-state index in [4.69, 9.17) is 18.9 Å². The number of quaternary nitrogens is 1. The molecule has 2 unspecified atom stereocenters. The SMILES string of the molecule is CC/C=C\C/C=C\C/C=C\C/C=C\C/C=C\C/C=C\CCCCCCCCCCCCCCCCC(=O)OC(COC(=O)CCCCCCCCCCCCCCCCCCCCCCCCCCCCCCCCCCCCCCC)COC(OCC[N+](C)(C)C)C(=O)[O-]. The molecule has 9 heteroatoms. The Kier molecular flexibility index (Phi) is 73.9. The predicted molar refractivity (Wildman–Crippen MR) is 408 cm³/mol. The van der Waals surface area contributed by atoms with Crippen molar-refractivity contribution in [1.82, 2.24) is 0 Å². The molecule has 0 N–H and O–H groups in total. The number of unbranched alkanes of at least 4 members (excludes halogenated alkanes) is 50. The summed E-state index contributed by atoms with van der Waals surface area (Å²) in [6, 6.07) is 0. The molecule has 9 nitrogen and oxygen atoms in total. The summed E-state index contributed by atoms with van der Waals surface area (Å²) in [5.74, 6) is -2.26. The van der Waals surface area contributed by atoms with Crippen LogP contribution < -0.4 is 5.11 Å². The molecule has 0 saturated carbocycles. The Balaban J connectivity index is 3.97. The van der Waals surface area contributed by atoms with Crippen LogP contribution in [0.15, 0.2) is 72.9 Å². The highest BCUT2D eigenvalue weighted by Crippen LogP contribution is 2.20. The number of hydrogen-bond acceptors (Lipinski definition) is 8. The third-order valence-electron chi connectivity index (χ3n) is 18.5. The van der Waals surface area contributed by atoms with E-state index >= 15 is 0 Å². The molecule has 0 amide bonds. The molecule has 0 heterocycles. The monoisotopic (exact) mass is 1330 g/mol. The molecule has 554 valence electrons. The van der Waals surface area contributed by atoms with Gasteiger partial charge in [-0.05, 0) is 64.2 Å². The van der Waals surface area contributed by atoms with Gasteiger partial charge in [-0.3, -0.25) is 9.59 Å². The Morgan fingerprint density at radius 2 is 0.600 bits per heavy atom. The van der Waals surface area contributed by atoms with Crippen LogP contribution in [0.5, 0.6) is 0 Å². The van der Waals surface area contributed by atoms with Crippen LogP contribution >= 0.6 is 0 Å². The van der Waals surface area contributed by atoms with Crippen LogP contribution in [-0.2, 0) is 33.3 Å². The Labute approximate surface area is 589 Å². The number of carboxylic acid groups (broad SMARTS) is 1. The van der Waals surface area contributed by atoms with Gasteiger partial charge in [0.1, 0.15) is 13.2 Å². The highest BCUT2D eigenvalue weighted by Gasteiger charge is 2.22. The van der Waals surface area contributed by atoms with Crippen molar-refractivity contribution in [2.75, 3.05) is 47.5 Å². The lowest BCUT2D eigenvalue weighted by Crippen LogP contribution is -2.44. The Hall–Kier alpha value is -3.27. The first-order chi connectivity index (χ1) is 46.6. The van der Waals surface area contributed by atoms with Crippen molar-refractivity contribution < 1.29 is 42.9 Å². The molecular formula is C86H157NO8. The van der Waals surface area contributed by atoms with Gasteiger partial charge in [-0.25, -0.2) is 0 Å². The number of ether oxygens (including phenoxy) is 4. The molecule has 95 heavy (non-hydrogen) atoms. The zero-order valence-electron chi connectivity index (χ0n) is 63.6. The van der Waals surface area contributed by atoms with Gasteiger partial charge in [0.2, 0.25) is 0 Å². The van der Waals surface area contributed by atoms with Crippen molar-refractivity contribution in [2.45, 2.75) is 411 Å². The van der Waals surface area contributed by atoms with Gasteiger partial charge >= 0.3 is 11.9 Å². The maximum Gasteiger partial charge on any atom is 0.306 e. The first kappa shape index (κ1) is 91.7. The van der Waals surface area contributed by atoms with Crippen molar-refractivity contribution in [3.63, 3.8) is 0 Å². The number of carboxylic acids is 1. The third kappa shape index (κ3) is 77.9. The molecule has 0 spiro atoms. The van der Waals surface area contributed by atoms with Crippen LogP contribution in [0.2, 0.25) is 0 Å². The second-order valence-electron chi connectivity index (χ2n) is 29.0.